The number of likely N-dealkylation sites (tertiary alicyclic amines) is 1. The molecule has 1 saturated heterocycles. The molecule has 1 atom stereocenters. The van der Waals surface area contributed by atoms with Gasteiger partial charge in [0.1, 0.15) is 11.6 Å². The molecule has 0 aromatic heterocycles. The number of rotatable bonds is 5. The molecule has 1 aromatic rings. The highest BCUT2D eigenvalue weighted by Gasteiger charge is 2.23. The second-order valence-corrected chi connectivity index (χ2v) is 5.68. The average molecular weight is 315 g/mol. The molecule has 6 heteroatoms. The summed E-state index contributed by atoms with van der Waals surface area (Å²) in [4.78, 5) is 14.0. The number of nitrogens with zero attached hydrogens (tertiary/aromatic N) is 1. The second kappa shape index (κ2) is 7.61. The first kappa shape index (κ1) is 16.0. The lowest BCUT2D eigenvalue weighted by Crippen LogP contribution is -2.44. The molecule has 0 saturated carbocycles. The summed E-state index contributed by atoms with van der Waals surface area (Å²) in [6.45, 7) is 2.40. The molecule has 0 bridgehead atoms. The summed E-state index contributed by atoms with van der Waals surface area (Å²) in [6.07, 6.45) is 2.15. The van der Waals surface area contributed by atoms with E-state index >= 15 is 0 Å². The second-order valence-electron chi connectivity index (χ2n) is 5.27. The number of ether oxygens (including phenoxy) is 1. The predicted molar refractivity (Wildman–Crippen MR) is 80.1 cm³/mol. The van der Waals surface area contributed by atoms with Gasteiger partial charge in [-0.15, -0.1) is 0 Å². The number of halogens is 2. The Morgan fingerprint density at radius 2 is 2.38 bits per heavy atom. The Balaban J connectivity index is 1.84. The van der Waals surface area contributed by atoms with Crippen LogP contribution in [0.1, 0.15) is 12.8 Å². The molecule has 1 aromatic carbocycles. The Labute approximate surface area is 129 Å². The Morgan fingerprint density at radius 1 is 1.57 bits per heavy atom. The van der Waals surface area contributed by atoms with Crippen LogP contribution in [0, 0.1) is 11.7 Å². The number of hydrogen-bond acceptors (Lipinski definition) is 3. The Morgan fingerprint density at radius 3 is 3.10 bits per heavy atom. The lowest BCUT2D eigenvalue weighted by molar-refractivity contribution is -0.135. The lowest BCUT2D eigenvalue weighted by atomic mass is 9.98. The van der Waals surface area contributed by atoms with E-state index < -0.39 is 5.82 Å². The first-order chi connectivity index (χ1) is 10.1. The van der Waals surface area contributed by atoms with Gasteiger partial charge in [-0.2, -0.15) is 0 Å². The van der Waals surface area contributed by atoms with Crippen LogP contribution in [0.15, 0.2) is 18.2 Å². The number of nitrogens with one attached hydrogen (secondary N) is 1. The Bertz CT molecular complexity index is 497. The van der Waals surface area contributed by atoms with E-state index in [0.717, 1.165) is 32.5 Å². The highest BCUT2D eigenvalue weighted by atomic mass is 35.5. The molecule has 0 radical (unpaired) electrons. The van der Waals surface area contributed by atoms with Crippen molar-refractivity contribution in [1.82, 2.24) is 10.2 Å². The molecular formula is C15H20ClFN2O2. The average Bonchev–Trinajstić information content (AvgIpc) is 2.49. The zero-order valence-electron chi connectivity index (χ0n) is 12.1. The smallest absolute Gasteiger partial charge is 0.260 e. The third-order valence-corrected chi connectivity index (χ3v) is 3.91. The molecule has 116 valence electrons. The zero-order chi connectivity index (χ0) is 15.2. The van der Waals surface area contributed by atoms with Gasteiger partial charge in [0.05, 0.1) is 5.02 Å². The van der Waals surface area contributed by atoms with E-state index in [1.807, 2.05) is 11.9 Å². The van der Waals surface area contributed by atoms with Crippen molar-refractivity contribution < 1.29 is 13.9 Å². The van der Waals surface area contributed by atoms with Gasteiger partial charge >= 0.3 is 0 Å². The van der Waals surface area contributed by atoms with E-state index in [0.29, 0.717) is 11.7 Å². The maximum Gasteiger partial charge on any atom is 0.260 e. The standard InChI is InChI=1S/C15H20ClFN2O2/c1-18-8-11-3-2-6-19(9-11)15(20)10-21-12-4-5-14(17)13(16)7-12/h4-5,7,11,18H,2-3,6,8-10H2,1H3. The monoisotopic (exact) mass is 314 g/mol. The van der Waals surface area contributed by atoms with Crippen LogP contribution in [0.2, 0.25) is 5.02 Å². The van der Waals surface area contributed by atoms with Crippen molar-refractivity contribution in [3.63, 3.8) is 0 Å². The normalized spacial score (nSPS) is 18.6. The minimum Gasteiger partial charge on any atom is -0.484 e. The summed E-state index contributed by atoms with van der Waals surface area (Å²) < 4.78 is 18.4. The van der Waals surface area contributed by atoms with Gasteiger partial charge in [-0.25, -0.2) is 4.39 Å². The molecule has 0 spiro atoms. The number of piperidine rings is 1. The first-order valence-corrected chi connectivity index (χ1v) is 7.48. The van der Waals surface area contributed by atoms with Gasteiger partial charge in [0.25, 0.3) is 5.91 Å². The fourth-order valence-electron chi connectivity index (χ4n) is 2.55. The SMILES string of the molecule is CNCC1CCCN(C(=O)COc2ccc(F)c(Cl)c2)C1. The van der Waals surface area contributed by atoms with Gasteiger partial charge in [0.2, 0.25) is 0 Å². The summed E-state index contributed by atoms with van der Waals surface area (Å²) in [6, 6.07) is 4.07. The quantitative estimate of drug-likeness (QED) is 0.907. The number of carbonyl (C=O) groups is 1. The molecule has 1 heterocycles. The van der Waals surface area contributed by atoms with E-state index in [9.17, 15) is 9.18 Å². The van der Waals surface area contributed by atoms with E-state index in [4.69, 9.17) is 16.3 Å². The highest BCUT2D eigenvalue weighted by Crippen LogP contribution is 2.21. The van der Waals surface area contributed by atoms with Crippen LogP contribution in [-0.2, 0) is 4.79 Å². The topological polar surface area (TPSA) is 41.6 Å². The summed E-state index contributed by atoms with van der Waals surface area (Å²) in [5.74, 6) is 0.351. The summed E-state index contributed by atoms with van der Waals surface area (Å²) in [5.41, 5.74) is 0. The van der Waals surface area contributed by atoms with Crippen molar-refractivity contribution in [3.05, 3.63) is 29.0 Å². The molecule has 0 aliphatic carbocycles. The van der Waals surface area contributed by atoms with Gasteiger partial charge in [0.15, 0.2) is 6.61 Å². The van der Waals surface area contributed by atoms with Crippen LogP contribution in [0.4, 0.5) is 4.39 Å². The van der Waals surface area contributed by atoms with Crippen molar-refractivity contribution in [2.75, 3.05) is 33.3 Å². The molecule has 4 nitrogen and oxygen atoms in total. The molecule has 1 fully saturated rings. The van der Waals surface area contributed by atoms with Crippen molar-refractivity contribution in [2.24, 2.45) is 5.92 Å². The van der Waals surface area contributed by atoms with Gasteiger partial charge in [0, 0.05) is 19.2 Å². The van der Waals surface area contributed by atoms with Gasteiger partial charge < -0.3 is 15.0 Å². The number of carbonyl (C=O) groups excluding carboxylic acids is 1. The van der Waals surface area contributed by atoms with Gasteiger partial charge in [-0.05, 0) is 44.5 Å². The third-order valence-electron chi connectivity index (χ3n) is 3.62. The molecule has 21 heavy (non-hydrogen) atoms. The van der Waals surface area contributed by atoms with Crippen LogP contribution in [0.5, 0.6) is 5.75 Å². The maximum absolute atomic E-state index is 13.0. The van der Waals surface area contributed by atoms with Crippen LogP contribution >= 0.6 is 11.6 Å². The molecule has 1 aliphatic heterocycles. The highest BCUT2D eigenvalue weighted by molar-refractivity contribution is 6.30. The summed E-state index contributed by atoms with van der Waals surface area (Å²) in [7, 11) is 1.92. The van der Waals surface area contributed by atoms with Crippen LogP contribution in [0.3, 0.4) is 0 Å². The third kappa shape index (κ3) is 4.58. The van der Waals surface area contributed by atoms with E-state index in [1.54, 1.807) is 0 Å². The molecule has 2 rings (SSSR count). The molecule has 1 aliphatic rings. The van der Waals surface area contributed by atoms with Crippen molar-refractivity contribution in [1.29, 1.82) is 0 Å². The summed E-state index contributed by atoms with van der Waals surface area (Å²) in [5, 5.41) is 3.14. The minimum absolute atomic E-state index is 0.00740. The van der Waals surface area contributed by atoms with E-state index in [-0.39, 0.29) is 17.5 Å². The summed E-state index contributed by atoms with van der Waals surface area (Å²) >= 11 is 5.67. The Hall–Kier alpha value is -1.33. The van der Waals surface area contributed by atoms with Crippen molar-refractivity contribution in [2.45, 2.75) is 12.8 Å². The zero-order valence-corrected chi connectivity index (χ0v) is 12.8. The molecule has 1 amide bonds. The van der Waals surface area contributed by atoms with E-state index in [2.05, 4.69) is 5.32 Å². The molecule has 1 N–H and O–H groups in total. The Kier molecular flexibility index (Phi) is 5.82. The molecule has 1 unspecified atom stereocenters. The van der Waals surface area contributed by atoms with Crippen molar-refractivity contribution in [3.8, 4) is 5.75 Å². The van der Waals surface area contributed by atoms with Crippen molar-refractivity contribution >= 4 is 17.5 Å². The van der Waals surface area contributed by atoms with Gasteiger partial charge in [-0.1, -0.05) is 11.6 Å². The van der Waals surface area contributed by atoms with E-state index in [1.165, 1.54) is 18.2 Å². The van der Waals surface area contributed by atoms with Crippen LogP contribution in [-0.4, -0.2) is 44.1 Å². The number of hydrogen-bond donors (Lipinski definition) is 1. The minimum atomic E-state index is -0.499. The predicted octanol–water partition coefficient (Wildman–Crippen LogP) is 2.32. The number of benzene rings is 1. The maximum atomic E-state index is 13.0. The largest absolute Gasteiger partial charge is 0.484 e. The van der Waals surface area contributed by atoms with Crippen LogP contribution < -0.4 is 10.1 Å². The fourth-order valence-corrected chi connectivity index (χ4v) is 2.72. The number of amides is 1. The van der Waals surface area contributed by atoms with Gasteiger partial charge in [-0.3, -0.25) is 4.79 Å². The fraction of sp³-hybridized carbons (Fsp3) is 0.533. The molecular weight excluding hydrogens is 295 g/mol. The first-order valence-electron chi connectivity index (χ1n) is 7.10. The lowest BCUT2D eigenvalue weighted by Gasteiger charge is -2.32. The van der Waals surface area contributed by atoms with Crippen LogP contribution in [0.25, 0.3) is 0 Å².